The van der Waals surface area contributed by atoms with Gasteiger partial charge in [0, 0.05) is 31.5 Å². The predicted molar refractivity (Wildman–Crippen MR) is 86.0 cm³/mol. The van der Waals surface area contributed by atoms with E-state index < -0.39 is 0 Å². The average Bonchev–Trinajstić information content (AvgIpc) is 2.89. The van der Waals surface area contributed by atoms with Crippen LogP contribution in [-0.2, 0) is 17.7 Å². The van der Waals surface area contributed by atoms with Crippen LogP contribution in [0.4, 0.5) is 0 Å². The summed E-state index contributed by atoms with van der Waals surface area (Å²) in [6.45, 7) is 8.84. The first-order valence-electron chi connectivity index (χ1n) is 7.50. The maximum Gasteiger partial charge on any atom is 0.0680 e. The van der Waals surface area contributed by atoms with Crippen molar-refractivity contribution in [1.82, 2.24) is 15.1 Å². The zero-order chi connectivity index (χ0) is 15.2. The highest BCUT2D eigenvalue weighted by atomic mass is 16.5. The summed E-state index contributed by atoms with van der Waals surface area (Å²) in [5.74, 6) is 0. The van der Waals surface area contributed by atoms with Crippen LogP contribution in [0.3, 0.4) is 0 Å². The van der Waals surface area contributed by atoms with Crippen LogP contribution in [0.2, 0.25) is 0 Å². The monoisotopic (exact) mass is 287 g/mol. The summed E-state index contributed by atoms with van der Waals surface area (Å²) in [7, 11) is 1.72. The Balaban J connectivity index is 2.24. The second-order valence-electron chi connectivity index (χ2n) is 5.34. The number of aromatic nitrogens is 2. The highest BCUT2D eigenvalue weighted by Gasteiger charge is 2.12. The molecule has 0 bridgehead atoms. The van der Waals surface area contributed by atoms with Gasteiger partial charge in [0.05, 0.1) is 18.5 Å². The Bertz CT molecular complexity index is 590. The molecular weight excluding hydrogens is 262 g/mol. The van der Waals surface area contributed by atoms with Gasteiger partial charge in [0.25, 0.3) is 0 Å². The third-order valence-corrected chi connectivity index (χ3v) is 3.68. The van der Waals surface area contributed by atoms with Gasteiger partial charge in [0.2, 0.25) is 0 Å². The highest BCUT2D eigenvalue weighted by molar-refractivity contribution is 5.44. The molecule has 0 radical (unpaired) electrons. The molecule has 0 atom stereocenters. The van der Waals surface area contributed by atoms with Crippen molar-refractivity contribution in [3.05, 3.63) is 46.8 Å². The lowest BCUT2D eigenvalue weighted by Gasteiger charge is -2.12. The number of nitrogens with zero attached hydrogens (tertiary/aromatic N) is 2. The SMILES string of the molecule is CCc1c(CNCCOC)cnn1-c1cc(C)ccc1C. The standard InChI is InChI=1S/C17H25N3O/c1-5-16-15(11-18-8-9-21-4)12-19-20(16)17-10-13(2)6-7-14(17)3/h6-7,10,12,18H,5,8-9,11H2,1-4H3. The van der Waals surface area contributed by atoms with Crippen LogP contribution in [0.25, 0.3) is 5.69 Å². The summed E-state index contributed by atoms with van der Waals surface area (Å²) in [5, 5.41) is 7.99. The van der Waals surface area contributed by atoms with E-state index >= 15 is 0 Å². The van der Waals surface area contributed by atoms with Crippen LogP contribution in [0.1, 0.15) is 29.3 Å². The molecule has 2 rings (SSSR count). The number of hydrogen-bond acceptors (Lipinski definition) is 3. The normalized spacial score (nSPS) is 11.0. The van der Waals surface area contributed by atoms with Gasteiger partial charge in [0.1, 0.15) is 0 Å². The van der Waals surface area contributed by atoms with Crippen LogP contribution in [-0.4, -0.2) is 30.0 Å². The Morgan fingerprint density at radius 1 is 1.29 bits per heavy atom. The number of nitrogens with one attached hydrogen (secondary N) is 1. The summed E-state index contributed by atoms with van der Waals surface area (Å²) in [6.07, 6.45) is 2.94. The number of aryl methyl sites for hydroxylation is 2. The van der Waals surface area contributed by atoms with Gasteiger partial charge < -0.3 is 10.1 Å². The van der Waals surface area contributed by atoms with E-state index in [4.69, 9.17) is 4.74 Å². The zero-order valence-electron chi connectivity index (χ0n) is 13.4. The maximum absolute atomic E-state index is 5.06. The predicted octanol–water partition coefficient (Wildman–Crippen LogP) is 2.79. The van der Waals surface area contributed by atoms with Gasteiger partial charge in [0.15, 0.2) is 0 Å². The van der Waals surface area contributed by atoms with Crippen molar-refractivity contribution in [2.24, 2.45) is 0 Å². The minimum absolute atomic E-state index is 0.729. The van der Waals surface area contributed by atoms with Gasteiger partial charge in [-0.3, -0.25) is 0 Å². The Morgan fingerprint density at radius 3 is 2.81 bits per heavy atom. The summed E-state index contributed by atoms with van der Waals surface area (Å²) in [5.41, 5.74) is 6.21. The highest BCUT2D eigenvalue weighted by Crippen LogP contribution is 2.20. The first kappa shape index (κ1) is 15.7. The van der Waals surface area contributed by atoms with Crippen LogP contribution in [0, 0.1) is 13.8 Å². The second-order valence-corrected chi connectivity index (χ2v) is 5.34. The Labute approximate surface area is 127 Å². The zero-order valence-corrected chi connectivity index (χ0v) is 13.4. The van der Waals surface area contributed by atoms with E-state index in [9.17, 15) is 0 Å². The molecule has 0 unspecified atom stereocenters. The first-order valence-corrected chi connectivity index (χ1v) is 7.50. The quantitative estimate of drug-likeness (QED) is 0.796. The molecule has 1 heterocycles. The third kappa shape index (κ3) is 3.71. The average molecular weight is 287 g/mol. The van der Waals surface area contributed by atoms with Gasteiger partial charge in [-0.2, -0.15) is 5.10 Å². The molecule has 4 heteroatoms. The van der Waals surface area contributed by atoms with Crippen LogP contribution >= 0.6 is 0 Å². The topological polar surface area (TPSA) is 39.1 Å². The van der Waals surface area contributed by atoms with E-state index in [2.05, 4.69) is 54.1 Å². The van der Waals surface area contributed by atoms with Crippen LogP contribution in [0.15, 0.2) is 24.4 Å². The van der Waals surface area contributed by atoms with Gasteiger partial charge in [-0.1, -0.05) is 19.1 Å². The molecule has 1 aromatic heterocycles. The molecule has 4 nitrogen and oxygen atoms in total. The maximum atomic E-state index is 5.06. The molecule has 0 fully saturated rings. The van der Waals surface area contributed by atoms with E-state index in [0.29, 0.717) is 0 Å². The van der Waals surface area contributed by atoms with Gasteiger partial charge in [-0.25, -0.2) is 4.68 Å². The van der Waals surface area contributed by atoms with Crippen molar-refractivity contribution < 1.29 is 4.74 Å². The van der Waals surface area contributed by atoms with Crippen LogP contribution in [0.5, 0.6) is 0 Å². The van der Waals surface area contributed by atoms with E-state index in [1.807, 2.05) is 6.20 Å². The summed E-state index contributed by atoms with van der Waals surface area (Å²) in [4.78, 5) is 0. The largest absolute Gasteiger partial charge is 0.383 e. The molecule has 0 saturated carbocycles. The lowest BCUT2D eigenvalue weighted by atomic mass is 10.1. The summed E-state index contributed by atoms with van der Waals surface area (Å²) < 4.78 is 7.14. The first-order chi connectivity index (χ1) is 10.2. The van der Waals surface area contributed by atoms with Gasteiger partial charge >= 0.3 is 0 Å². The smallest absolute Gasteiger partial charge is 0.0680 e. The minimum Gasteiger partial charge on any atom is -0.383 e. The molecule has 114 valence electrons. The molecule has 21 heavy (non-hydrogen) atoms. The van der Waals surface area contributed by atoms with Crippen molar-refractivity contribution in [2.75, 3.05) is 20.3 Å². The molecule has 0 aliphatic heterocycles. The van der Waals surface area contributed by atoms with Crippen molar-refractivity contribution in [2.45, 2.75) is 33.7 Å². The number of hydrogen-bond donors (Lipinski definition) is 1. The lowest BCUT2D eigenvalue weighted by molar-refractivity contribution is 0.199. The number of rotatable bonds is 7. The lowest BCUT2D eigenvalue weighted by Crippen LogP contribution is -2.19. The molecule has 0 amide bonds. The molecule has 0 saturated heterocycles. The molecule has 0 aliphatic rings. The number of benzene rings is 1. The Morgan fingerprint density at radius 2 is 2.10 bits per heavy atom. The van der Waals surface area contributed by atoms with Crippen molar-refractivity contribution in [3.8, 4) is 5.69 Å². The second kappa shape index (κ2) is 7.38. The molecule has 0 aliphatic carbocycles. The van der Waals surface area contributed by atoms with Crippen molar-refractivity contribution >= 4 is 0 Å². The molecular formula is C17H25N3O. The van der Waals surface area contributed by atoms with E-state index in [1.54, 1.807) is 7.11 Å². The fraction of sp³-hybridized carbons (Fsp3) is 0.471. The Kier molecular flexibility index (Phi) is 5.53. The third-order valence-electron chi connectivity index (χ3n) is 3.68. The summed E-state index contributed by atoms with van der Waals surface area (Å²) >= 11 is 0. The molecule has 1 N–H and O–H groups in total. The minimum atomic E-state index is 0.729. The van der Waals surface area contributed by atoms with Crippen LogP contribution < -0.4 is 5.32 Å². The van der Waals surface area contributed by atoms with Crippen molar-refractivity contribution in [1.29, 1.82) is 0 Å². The molecule has 2 aromatic rings. The fourth-order valence-corrected chi connectivity index (χ4v) is 2.48. The summed E-state index contributed by atoms with van der Waals surface area (Å²) in [6, 6.07) is 6.49. The number of methoxy groups -OCH3 is 1. The molecule has 0 spiro atoms. The van der Waals surface area contributed by atoms with E-state index in [1.165, 1.54) is 28.1 Å². The van der Waals surface area contributed by atoms with Crippen molar-refractivity contribution in [3.63, 3.8) is 0 Å². The van der Waals surface area contributed by atoms with E-state index in [0.717, 1.165) is 26.1 Å². The Hall–Kier alpha value is -1.65. The van der Waals surface area contributed by atoms with Gasteiger partial charge in [-0.05, 0) is 37.5 Å². The number of ether oxygens (including phenoxy) is 1. The fourth-order valence-electron chi connectivity index (χ4n) is 2.48. The van der Waals surface area contributed by atoms with E-state index in [-0.39, 0.29) is 0 Å². The van der Waals surface area contributed by atoms with Gasteiger partial charge in [-0.15, -0.1) is 0 Å². The molecule has 1 aromatic carbocycles.